The average molecular weight is 742 g/mol. The molecule has 4 nitrogen and oxygen atoms in total. The molecule has 280 valence electrons. The number of ether oxygens (including phenoxy) is 1. The molecule has 0 unspecified atom stereocenters. The predicted octanol–water partition coefficient (Wildman–Crippen LogP) is 12.7. The fraction of sp³-hybridized carbons (Fsp3) is 0.151. The molecular formula is C53H47N3O. The van der Waals surface area contributed by atoms with Crippen molar-refractivity contribution in [3.63, 3.8) is 0 Å². The number of aromatic nitrogens is 3. The van der Waals surface area contributed by atoms with Crippen LogP contribution in [0, 0.1) is 20.8 Å². The van der Waals surface area contributed by atoms with Gasteiger partial charge in [-0.15, -0.1) is 0 Å². The zero-order valence-corrected chi connectivity index (χ0v) is 33.2. The van der Waals surface area contributed by atoms with E-state index >= 15 is 0 Å². The lowest BCUT2D eigenvalue weighted by molar-refractivity contribution is 0.416. The van der Waals surface area contributed by atoms with Crippen molar-refractivity contribution in [2.24, 2.45) is 0 Å². The Morgan fingerprint density at radius 2 is 0.807 bits per heavy atom. The van der Waals surface area contributed by atoms with Gasteiger partial charge in [0.05, 0.1) is 24.2 Å². The van der Waals surface area contributed by atoms with Crippen molar-refractivity contribution in [1.29, 1.82) is 0 Å². The van der Waals surface area contributed by atoms with Gasteiger partial charge in [0.2, 0.25) is 0 Å². The Morgan fingerprint density at radius 3 is 1.28 bits per heavy atom. The summed E-state index contributed by atoms with van der Waals surface area (Å²) in [6, 6.07) is 52.6. The normalized spacial score (nSPS) is 11.1. The maximum Gasteiger partial charge on any atom is 0.127 e. The molecule has 0 radical (unpaired) electrons. The fourth-order valence-corrected chi connectivity index (χ4v) is 7.59. The molecule has 3 aromatic heterocycles. The third-order valence-corrected chi connectivity index (χ3v) is 10.7. The largest absolute Gasteiger partial charge is 0.496 e. The van der Waals surface area contributed by atoms with Crippen LogP contribution in [0.5, 0.6) is 5.75 Å². The third-order valence-electron chi connectivity index (χ3n) is 10.7. The number of aryl methyl sites for hydroxylation is 7. The smallest absolute Gasteiger partial charge is 0.127 e. The Kier molecular flexibility index (Phi) is 11.1. The number of pyridine rings is 3. The first-order chi connectivity index (χ1) is 27.9. The number of hydrogen-bond donors (Lipinski definition) is 0. The molecule has 0 aliphatic rings. The van der Waals surface area contributed by atoms with Crippen molar-refractivity contribution in [1.82, 2.24) is 15.0 Å². The molecule has 3 heterocycles. The Morgan fingerprint density at radius 1 is 0.368 bits per heavy atom. The van der Waals surface area contributed by atoms with E-state index in [-0.39, 0.29) is 0 Å². The van der Waals surface area contributed by atoms with Crippen molar-refractivity contribution in [3.8, 4) is 61.8 Å². The molecular weight excluding hydrogens is 695 g/mol. The van der Waals surface area contributed by atoms with Gasteiger partial charge in [-0.05, 0) is 151 Å². The van der Waals surface area contributed by atoms with Crippen LogP contribution in [0.3, 0.4) is 0 Å². The minimum absolute atomic E-state index is 0.827. The van der Waals surface area contributed by atoms with Crippen molar-refractivity contribution >= 4 is 0 Å². The van der Waals surface area contributed by atoms with Crippen molar-refractivity contribution in [3.05, 3.63) is 203 Å². The Labute approximate surface area is 337 Å². The lowest BCUT2D eigenvalue weighted by Gasteiger charge is -2.17. The van der Waals surface area contributed by atoms with Gasteiger partial charge in [0.15, 0.2) is 0 Å². The fourth-order valence-electron chi connectivity index (χ4n) is 7.59. The number of rotatable bonds is 12. The van der Waals surface area contributed by atoms with Gasteiger partial charge in [0.25, 0.3) is 0 Å². The second kappa shape index (κ2) is 17.0. The first-order valence-electron chi connectivity index (χ1n) is 19.8. The molecule has 0 spiro atoms. The summed E-state index contributed by atoms with van der Waals surface area (Å²) in [6.07, 6.45) is 9.39. The monoisotopic (exact) mass is 741 g/mol. The van der Waals surface area contributed by atoms with Gasteiger partial charge in [-0.25, -0.2) is 0 Å². The minimum atomic E-state index is 0.827. The van der Waals surface area contributed by atoms with Crippen LogP contribution < -0.4 is 4.74 Å². The van der Waals surface area contributed by atoms with Gasteiger partial charge in [0, 0.05) is 40.8 Å². The Bertz CT molecular complexity index is 2530. The van der Waals surface area contributed by atoms with Crippen LogP contribution in [0.4, 0.5) is 0 Å². The molecule has 8 rings (SSSR count). The minimum Gasteiger partial charge on any atom is -0.496 e. The van der Waals surface area contributed by atoms with Crippen molar-refractivity contribution < 1.29 is 4.74 Å². The van der Waals surface area contributed by atoms with Crippen LogP contribution in [0.15, 0.2) is 164 Å². The maximum absolute atomic E-state index is 6.05. The van der Waals surface area contributed by atoms with Crippen molar-refractivity contribution in [2.45, 2.75) is 46.5 Å². The van der Waals surface area contributed by atoms with Crippen LogP contribution in [0.1, 0.15) is 38.9 Å². The van der Waals surface area contributed by atoms with Crippen LogP contribution in [0.25, 0.3) is 56.0 Å². The summed E-state index contributed by atoms with van der Waals surface area (Å²) in [7, 11) is 1.75. The van der Waals surface area contributed by atoms with E-state index < -0.39 is 0 Å². The summed E-state index contributed by atoms with van der Waals surface area (Å²) in [5.41, 5.74) is 19.8. The van der Waals surface area contributed by atoms with Gasteiger partial charge < -0.3 is 4.74 Å². The summed E-state index contributed by atoms with van der Waals surface area (Å²) < 4.78 is 6.05. The molecule has 0 aliphatic heterocycles. The molecule has 0 bridgehead atoms. The standard InChI is InChI=1S/C53H47N3O/c1-36-23-26-54-50(29-36)43-17-13-39(14-18-43)9-11-41-32-42(12-10-40-15-19-44(20-16-40)51-30-37(2)24-27-55-51)34-46(33-41)47-7-5-6-8-48(47)49-22-21-45(35-53(49)57-4)52-31-38(3)25-28-56-52/h5-8,13-35H,9-12H2,1-4H3. The maximum atomic E-state index is 6.05. The molecule has 0 atom stereocenters. The molecule has 8 aromatic rings. The van der Waals surface area contributed by atoms with E-state index in [9.17, 15) is 0 Å². The lowest BCUT2D eigenvalue weighted by Crippen LogP contribution is -1.98. The van der Waals surface area contributed by atoms with Crippen LogP contribution in [0.2, 0.25) is 0 Å². The van der Waals surface area contributed by atoms with E-state index in [4.69, 9.17) is 4.74 Å². The second-order valence-corrected chi connectivity index (χ2v) is 15.0. The average Bonchev–Trinajstić information content (AvgIpc) is 3.25. The first kappa shape index (κ1) is 37.3. The molecule has 0 saturated heterocycles. The van der Waals surface area contributed by atoms with E-state index in [2.05, 4.69) is 163 Å². The van der Waals surface area contributed by atoms with Crippen LogP contribution >= 0.6 is 0 Å². The number of methoxy groups -OCH3 is 1. The first-order valence-corrected chi connectivity index (χ1v) is 19.8. The summed E-state index contributed by atoms with van der Waals surface area (Å²) in [6.45, 7) is 6.31. The Balaban J connectivity index is 1.10. The van der Waals surface area contributed by atoms with Gasteiger partial charge >= 0.3 is 0 Å². The lowest BCUT2D eigenvalue weighted by atomic mass is 9.89. The molecule has 4 heteroatoms. The Hall–Kier alpha value is -6.65. The zero-order valence-electron chi connectivity index (χ0n) is 33.2. The van der Waals surface area contributed by atoms with E-state index in [0.29, 0.717) is 0 Å². The van der Waals surface area contributed by atoms with Crippen molar-refractivity contribution in [2.75, 3.05) is 7.11 Å². The molecule has 5 aromatic carbocycles. The summed E-state index contributed by atoms with van der Waals surface area (Å²) in [5, 5.41) is 0. The third kappa shape index (κ3) is 8.92. The van der Waals surface area contributed by atoms with E-state index in [0.717, 1.165) is 76.3 Å². The predicted molar refractivity (Wildman–Crippen MR) is 235 cm³/mol. The molecule has 0 saturated carbocycles. The molecule has 57 heavy (non-hydrogen) atoms. The van der Waals surface area contributed by atoms with Gasteiger partial charge in [-0.3, -0.25) is 15.0 Å². The highest BCUT2D eigenvalue weighted by Gasteiger charge is 2.15. The van der Waals surface area contributed by atoms with E-state index in [1.165, 1.54) is 50.1 Å². The topological polar surface area (TPSA) is 47.9 Å². The SMILES string of the molecule is COc1cc(-c2cc(C)ccn2)ccc1-c1ccccc1-c1cc(CCc2ccc(-c3cc(C)ccn3)cc2)cc(CCc2ccc(-c3cc(C)ccn3)cc2)c1. The number of nitrogens with zero attached hydrogens (tertiary/aromatic N) is 3. The van der Waals surface area contributed by atoms with Crippen LogP contribution in [-0.4, -0.2) is 22.1 Å². The molecule has 0 N–H and O–H groups in total. The highest BCUT2D eigenvalue weighted by molar-refractivity contribution is 5.87. The highest BCUT2D eigenvalue weighted by Crippen LogP contribution is 2.40. The zero-order chi connectivity index (χ0) is 39.1. The summed E-state index contributed by atoms with van der Waals surface area (Å²) in [4.78, 5) is 13.8. The van der Waals surface area contributed by atoms with Gasteiger partial charge in [-0.2, -0.15) is 0 Å². The van der Waals surface area contributed by atoms with Gasteiger partial charge in [-0.1, -0.05) is 97.1 Å². The number of benzene rings is 5. The highest BCUT2D eigenvalue weighted by atomic mass is 16.5. The summed E-state index contributed by atoms with van der Waals surface area (Å²) in [5.74, 6) is 0.827. The van der Waals surface area contributed by atoms with Crippen LogP contribution in [-0.2, 0) is 25.7 Å². The number of hydrogen-bond acceptors (Lipinski definition) is 4. The van der Waals surface area contributed by atoms with E-state index in [1.54, 1.807) is 7.11 Å². The summed E-state index contributed by atoms with van der Waals surface area (Å²) >= 11 is 0. The molecule has 0 amide bonds. The second-order valence-electron chi connectivity index (χ2n) is 15.0. The quantitative estimate of drug-likeness (QED) is 0.125. The van der Waals surface area contributed by atoms with E-state index in [1.807, 2.05) is 36.8 Å². The molecule has 0 aliphatic carbocycles. The van der Waals surface area contributed by atoms with Gasteiger partial charge in [0.1, 0.15) is 5.75 Å². The molecule has 0 fully saturated rings.